The zero-order valence-electron chi connectivity index (χ0n) is 11.4. The van der Waals surface area contributed by atoms with E-state index in [-0.39, 0.29) is 0 Å². The van der Waals surface area contributed by atoms with Gasteiger partial charge in [-0.1, -0.05) is 36.4 Å². The maximum absolute atomic E-state index is 12.5. The van der Waals surface area contributed by atoms with Crippen LogP contribution in [-0.4, -0.2) is 6.66 Å². The van der Waals surface area contributed by atoms with Crippen LogP contribution in [0, 0.1) is 13.8 Å². The maximum Gasteiger partial charge on any atom is 0.338 e. The Hall–Kier alpha value is -1.73. The van der Waals surface area contributed by atoms with Gasteiger partial charge >= 0.3 is 7.52 Å². The van der Waals surface area contributed by atoms with Gasteiger partial charge in [0.2, 0.25) is 0 Å². The number of anilines is 1. The largest absolute Gasteiger partial charge is 0.429 e. The third-order valence-corrected chi connectivity index (χ3v) is 3.98. The van der Waals surface area contributed by atoms with Gasteiger partial charge in [-0.05, 0) is 37.1 Å². The van der Waals surface area contributed by atoms with E-state index in [0.717, 1.165) is 16.8 Å². The second kappa shape index (κ2) is 5.50. The van der Waals surface area contributed by atoms with Crippen molar-refractivity contribution in [3.05, 3.63) is 59.7 Å². The molecule has 0 amide bonds. The zero-order valence-corrected chi connectivity index (χ0v) is 12.3. The van der Waals surface area contributed by atoms with Crippen LogP contribution < -0.4 is 9.61 Å². The van der Waals surface area contributed by atoms with Crippen LogP contribution in [0.3, 0.4) is 0 Å². The quantitative estimate of drug-likeness (QED) is 0.827. The number of benzene rings is 2. The molecule has 2 aromatic rings. The Bertz CT molecular complexity index is 591. The summed E-state index contributed by atoms with van der Waals surface area (Å²) in [6.07, 6.45) is 0. The molecule has 0 aliphatic heterocycles. The molecule has 3 nitrogen and oxygen atoms in total. The Morgan fingerprint density at radius 2 is 1.53 bits per heavy atom. The van der Waals surface area contributed by atoms with Crippen molar-refractivity contribution in [1.82, 2.24) is 0 Å². The number of hydrogen-bond donors (Lipinski definition) is 1. The number of hydrogen-bond acceptors (Lipinski definition) is 2. The zero-order chi connectivity index (χ0) is 13.9. The fourth-order valence-electron chi connectivity index (χ4n) is 1.89. The van der Waals surface area contributed by atoms with Crippen LogP contribution in [0.5, 0.6) is 5.75 Å². The lowest BCUT2D eigenvalue weighted by Crippen LogP contribution is -2.04. The summed E-state index contributed by atoms with van der Waals surface area (Å²) in [5.74, 6) is 0.691. The van der Waals surface area contributed by atoms with E-state index in [1.807, 2.05) is 62.4 Å². The first kappa shape index (κ1) is 13.7. The van der Waals surface area contributed by atoms with Gasteiger partial charge in [-0.3, -0.25) is 4.57 Å². The molecule has 1 N–H and O–H groups in total. The van der Waals surface area contributed by atoms with Gasteiger partial charge in [0.1, 0.15) is 5.75 Å². The summed E-state index contributed by atoms with van der Waals surface area (Å²) < 4.78 is 18.2. The molecule has 1 atom stereocenters. The van der Waals surface area contributed by atoms with Gasteiger partial charge in [0, 0.05) is 12.4 Å². The highest BCUT2D eigenvalue weighted by molar-refractivity contribution is 7.60. The Labute approximate surface area is 114 Å². The standard InChI is InChI=1S/C15H18NO2P/c1-12-8-7-9-13(2)15(12)18-19(3,17)16-14-10-5-4-6-11-14/h4-11H,1-3H3,(H,16,17)/t19-/m1/s1. The van der Waals surface area contributed by atoms with Crippen molar-refractivity contribution in [2.75, 3.05) is 11.8 Å². The molecule has 0 heterocycles. The lowest BCUT2D eigenvalue weighted by Gasteiger charge is -2.20. The molecule has 0 saturated heterocycles. The Morgan fingerprint density at radius 1 is 0.947 bits per heavy atom. The predicted octanol–water partition coefficient (Wildman–Crippen LogP) is 4.62. The second-order valence-electron chi connectivity index (χ2n) is 4.64. The van der Waals surface area contributed by atoms with E-state index >= 15 is 0 Å². The molecule has 0 bridgehead atoms. The minimum absolute atomic E-state index is 0.691. The van der Waals surface area contributed by atoms with Crippen LogP contribution in [0.4, 0.5) is 5.69 Å². The number of para-hydroxylation sites is 2. The van der Waals surface area contributed by atoms with Gasteiger partial charge in [0.05, 0.1) is 0 Å². The average molecular weight is 275 g/mol. The molecule has 0 aliphatic carbocycles. The van der Waals surface area contributed by atoms with E-state index in [9.17, 15) is 4.57 Å². The summed E-state index contributed by atoms with van der Waals surface area (Å²) in [5.41, 5.74) is 2.76. The van der Waals surface area contributed by atoms with Crippen molar-refractivity contribution in [1.29, 1.82) is 0 Å². The van der Waals surface area contributed by atoms with Crippen molar-refractivity contribution in [3.63, 3.8) is 0 Å². The Morgan fingerprint density at radius 3 is 2.11 bits per heavy atom. The van der Waals surface area contributed by atoms with Crippen molar-refractivity contribution in [2.45, 2.75) is 13.8 Å². The fourth-order valence-corrected chi connectivity index (χ4v) is 3.19. The van der Waals surface area contributed by atoms with Gasteiger partial charge in [0.15, 0.2) is 0 Å². The highest BCUT2D eigenvalue weighted by Crippen LogP contribution is 2.45. The maximum atomic E-state index is 12.5. The van der Waals surface area contributed by atoms with Gasteiger partial charge in [-0.2, -0.15) is 0 Å². The van der Waals surface area contributed by atoms with E-state index in [1.54, 1.807) is 6.66 Å². The molecule has 0 aliphatic rings. The lowest BCUT2D eigenvalue weighted by molar-refractivity contribution is 0.490. The lowest BCUT2D eigenvalue weighted by atomic mass is 10.1. The second-order valence-corrected chi connectivity index (χ2v) is 6.73. The topological polar surface area (TPSA) is 38.3 Å². The first-order valence-electron chi connectivity index (χ1n) is 6.14. The minimum atomic E-state index is -2.94. The van der Waals surface area contributed by atoms with Gasteiger partial charge in [-0.25, -0.2) is 0 Å². The molecule has 0 unspecified atom stereocenters. The Kier molecular flexibility index (Phi) is 3.96. The molecule has 2 aromatic carbocycles. The highest BCUT2D eigenvalue weighted by Gasteiger charge is 2.19. The molecule has 19 heavy (non-hydrogen) atoms. The number of nitrogens with one attached hydrogen (secondary N) is 1. The van der Waals surface area contributed by atoms with Gasteiger partial charge in [0.25, 0.3) is 0 Å². The summed E-state index contributed by atoms with van der Waals surface area (Å²) in [5, 5.41) is 2.95. The molecule has 0 saturated carbocycles. The Balaban J connectivity index is 2.20. The molecule has 0 spiro atoms. The van der Waals surface area contributed by atoms with Gasteiger partial charge in [-0.15, -0.1) is 0 Å². The summed E-state index contributed by atoms with van der Waals surface area (Å²) in [7, 11) is -2.94. The number of rotatable bonds is 4. The third kappa shape index (κ3) is 3.62. The molecular formula is C15H18NO2P. The van der Waals surface area contributed by atoms with Crippen LogP contribution in [0.1, 0.15) is 11.1 Å². The monoisotopic (exact) mass is 275 g/mol. The molecule has 4 heteroatoms. The normalized spacial score (nSPS) is 13.6. The first-order chi connectivity index (χ1) is 8.98. The van der Waals surface area contributed by atoms with E-state index in [0.29, 0.717) is 5.75 Å². The predicted molar refractivity (Wildman–Crippen MR) is 80.1 cm³/mol. The van der Waals surface area contributed by atoms with Crippen molar-refractivity contribution >= 4 is 13.2 Å². The van der Waals surface area contributed by atoms with Gasteiger partial charge < -0.3 is 9.61 Å². The van der Waals surface area contributed by atoms with E-state index in [4.69, 9.17) is 4.52 Å². The summed E-state index contributed by atoms with van der Waals surface area (Å²) >= 11 is 0. The molecule has 100 valence electrons. The highest BCUT2D eigenvalue weighted by atomic mass is 31.2. The number of aryl methyl sites for hydroxylation is 2. The van der Waals surface area contributed by atoms with Crippen molar-refractivity contribution in [3.8, 4) is 5.75 Å². The average Bonchev–Trinajstić information content (AvgIpc) is 2.35. The SMILES string of the molecule is Cc1cccc(C)c1O[P@@](C)(=O)Nc1ccccc1. The van der Waals surface area contributed by atoms with E-state index in [2.05, 4.69) is 5.09 Å². The summed E-state index contributed by atoms with van der Waals surface area (Å²) in [4.78, 5) is 0. The van der Waals surface area contributed by atoms with Crippen LogP contribution in [-0.2, 0) is 4.57 Å². The molecular weight excluding hydrogens is 257 g/mol. The van der Waals surface area contributed by atoms with Crippen LogP contribution in [0.15, 0.2) is 48.5 Å². The van der Waals surface area contributed by atoms with E-state index in [1.165, 1.54) is 0 Å². The third-order valence-electron chi connectivity index (χ3n) is 2.78. The molecule has 2 rings (SSSR count). The van der Waals surface area contributed by atoms with Crippen LogP contribution in [0.2, 0.25) is 0 Å². The van der Waals surface area contributed by atoms with Crippen molar-refractivity contribution in [2.24, 2.45) is 0 Å². The first-order valence-corrected chi connectivity index (χ1v) is 8.22. The van der Waals surface area contributed by atoms with Crippen LogP contribution in [0.25, 0.3) is 0 Å². The summed E-state index contributed by atoms with van der Waals surface area (Å²) in [6, 6.07) is 15.3. The molecule has 0 fully saturated rings. The van der Waals surface area contributed by atoms with Crippen LogP contribution >= 0.6 is 7.52 Å². The minimum Gasteiger partial charge on any atom is -0.429 e. The van der Waals surface area contributed by atoms with Crippen molar-refractivity contribution < 1.29 is 9.09 Å². The fraction of sp³-hybridized carbons (Fsp3) is 0.200. The molecule has 0 aromatic heterocycles. The summed E-state index contributed by atoms with van der Waals surface area (Å²) in [6.45, 7) is 5.49. The molecule has 0 radical (unpaired) electrons. The smallest absolute Gasteiger partial charge is 0.338 e. The van der Waals surface area contributed by atoms with E-state index < -0.39 is 7.52 Å².